The van der Waals surface area contributed by atoms with E-state index in [-0.39, 0.29) is 6.61 Å². The zero-order valence-electron chi connectivity index (χ0n) is 11.3. The SMILES string of the molecule is O=C(O)/C=C/c1cccnc1Oc1ccc(CCO)cc1. The molecule has 0 saturated heterocycles. The molecule has 0 spiro atoms. The van der Waals surface area contributed by atoms with Crippen LogP contribution in [-0.2, 0) is 11.2 Å². The Morgan fingerprint density at radius 1 is 1.24 bits per heavy atom. The van der Waals surface area contributed by atoms with Gasteiger partial charge in [0.15, 0.2) is 0 Å². The van der Waals surface area contributed by atoms with Gasteiger partial charge in [-0.05, 0) is 42.3 Å². The molecule has 5 heteroatoms. The summed E-state index contributed by atoms with van der Waals surface area (Å²) in [5, 5.41) is 17.5. The van der Waals surface area contributed by atoms with Gasteiger partial charge in [0, 0.05) is 24.4 Å². The second kappa shape index (κ2) is 7.21. The normalized spacial score (nSPS) is 10.7. The summed E-state index contributed by atoms with van der Waals surface area (Å²) < 4.78 is 5.66. The van der Waals surface area contributed by atoms with Gasteiger partial charge in [-0.15, -0.1) is 0 Å². The Bertz CT molecular complexity index is 635. The maximum absolute atomic E-state index is 10.6. The van der Waals surface area contributed by atoms with Crippen LogP contribution in [0, 0.1) is 0 Å². The monoisotopic (exact) mass is 285 g/mol. The quantitative estimate of drug-likeness (QED) is 0.797. The number of aliphatic hydroxyl groups is 1. The van der Waals surface area contributed by atoms with Crippen molar-refractivity contribution in [2.24, 2.45) is 0 Å². The molecule has 0 atom stereocenters. The van der Waals surface area contributed by atoms with Gasteiger partial charge in [-0.3, -0.25) is 0 Å². The molecule has 0 aliphatic carbocycles. The number of rotatable bonds is 6. The molecule has 108 valence electrons. The molecule has 5 nitrogen and oxygen atoms in total. The minimum atomic E-state index is -1.03. The summed E-state index contributed by atoms with van der Waals surface area (Å²) in [6.07, 6.45) is 4.64. The third-order valence-electron chi connectivity index (χ3n) is 2.74. The van der Waals surface area contributed by atoms with Crippen molar-refractivity contribution < 1.29 is 19.7 Å². The number of aliphatic carboxylic acids is 1. The van der Waals surface area contributed by atoms with Crippen molar-refractivity contribution >= 4 is 12.0 Å². The number of aliphatic hydroxyl groups excluding tert-OH is 1. The molecule has 1 aromatic carbocycles. The van der Waals surface area contributed by atoms with Crippen LogP contribution in [0.2, 0.25) is 0 Å². The summed E-state index contributed by atoms with van der Waals surface area (Å²) in [6.45, 7) is 0.102. The molecule has 0 aliphatic rings. The molecule has 0 unspecified atom stereocenters. The van der Waals surface area contributed by atoms with E-state index >= 15 is 0 Å². The van der Waals surface area contributed by atoms with Gasteiger partial charge < -0.3 is 14.9 Å². The highest BCUT2D eigenvalue weighted by molar-refractivity contribution is 5.85. The average molecular weight is 285 g/mol. The fraction of sp³-hybridized carbons (Fsp3) is 0.125. The number of pyridine rings is 1. The lowest BCUT2D eigenvalue weighted by atomic mass is 10.1. The first-order valence-electron chi connectivity index (χ1n) is 6.42. The zero-order valence-corrected chi connectivity index (χ0v) is 11.3. The molecule has 1 heterocycles. The first kappa shape index (κ1) is 14.7. The second-order valence-electron chi connectivity index (χ2n) is 4.29. The van der Waals surface area contributed by atoms with Gasteiger partial charge in [0.2, 0.25) is 5.88 Å². The zero-order chi connectivity index (χ0) is 15.1. The predicted molar refractivity (Wildman–Crippen MR) is 78.2 cm³/mol. The smallest absolute Gasteiger partial charge is 0.328 e. The number of nitrogens with zero attached hydrogens (tertiary/aromatic N) is 1. The molecule has 0 radical (unpaired) electrons. The Hall–Kier alpha value is -2.66. The number of carboxylic acids is 1. The second-order valence-corrected chi connectivity index (χ2v) is 4.29. The molecule has 21 heavy (non-hydrogen) atoms. The molecule has 0 amide bonds. The van der Waals surface area contributed by atoms with E-state index in [0.717, 1.165) is 11.6 Å². The number of hydrogen-bond acceptors (Lipinski definition) is 4. The standard InChI is InChI=1S/C16H15NO4/c18-11-9-12-3-6-14(7-4-12)21-16-13(2-1-10-17-16)5-8-15(19)20/h1-8,10,18H,9,11H2,(H,19,20)/b8-5+. The first-order chi connectivity index (χ1) is 10.2. The number of benzene rings is 1. The summed E-state index contributed by atoms with van der Waals surface area (Å²) in [7, 11) is 0. The van der Waals surface area contributed by atoms with Crippen LogP contribution >= 0.6 is 0 Å². The molecule has 0 aliphatic heterocycles. The van der Waals surface area contributed by atoms with Crippen LogP contribution in [0.3, 0.4) is 0 Å². The molecule has 2 rings (SSSR count). The van der Waals surface area contributed by atoms with Crippen molar-refractivity contribution in [1.29, 1.82) is 0 Å². The van der Waals surface area contributed by atoms with Crippen LogP contribution in [0.25, 0.3) is 6.08 Å². The number of aromatic nitrogens is 1. The van der Waals surface area contributed by atoms with E-state index in [9.17, 15) is 4.79 Å². The van der Waals surface area contributed by atoms with Gasteiger partial charge in [-0.2, -0.15) is 0 Å². The maximum atomic E-state index is 10.6. The van der Waals surface area contributed by atoms with E-state index in [1.54, 1.807) is 30.5 Å². The minimum Gasteiger partial charge on any atom is -0.478 e. The number of carbonyl (C=O) groups is 1. The van der Waals surface area contributed by atoms with Crippen LogP contribution in [0.4, 0.5) is 0 Å². The van der Waals surface area contributed by atoms with Gasteiger partial charge in [0.05, 0.1) is 0 Å². The lowest BCUT2D eigenvalue weighted by Crippen LogP contribution is -1.93. The highest BCUT2D eigenvalue weighted by Gasteiger charge is 2.04. The third kappa shape index (κ3) is 4.43. The van der Waals surface area contributed by atoms with Gasteiger partial charge in [-0.25, -0.2) is 9.78 Å². The lowest BCUT2D eigenvalue weighted by Gasteiger charge is -2.08. The largest absolute Gasteiger partial charge is 0.478 e. The van der Waals surface area contributed by atoms with Gasteiger partial charge >= 0.3 is 5.97 Å². The number of ether oxygens (including phenoxy) is 1. The van der Waals surface area contributed by atoms with Crippen LogP contribution in [0.5, 0.6) is 11.6 Å². The summed E-state index contributed by atoms with van der Waals surface area (Å²) in [4.78, 5) is 14.7. The maximum Gasteiger partial charge on any atom is 0.328 e. The van der Waals surface area contributed by atoms with Crippen molar-refractivity contribution in [3.05, 3.63) is 59.8 Å². The van der Waals surface area contributed by atoms with E-state index < -0.39 is 5.97 Å². The van der Waals surface area contributed by atoms with E-state index in [0.29, 0.717) is 23.6 Å². The highest BCUT2D eigenvalue weighted by atomic mass is 16.5. The molecule has 0 saturated carbocycles. The Morgan fingerprint density at radius 3 is 2.67 bits per heavy atom. The summed E-state index contributed by atoms with van der Waals surface area (Å²) in [5.41, 5.74) is 1.59. The average Bonchev–Trinajstić information content (AvgIpc) is 2.48. The summed E-state index contributed by atoms with van der Waals surface area (Å²) in [6, 6.07) is 10.7. The Kier molecular flexibility index (Phi) is 5.06. The molecular weight excluding hydrogens is 270 g/mol. The fourth-order valence-corrected chi connectivity index (χ4v) is 1.74. The van der Waals surface area contributed by atoms with E-state index in [1.807, 2.05) is 12.1 Å². The molecule has 0 bridgehead atoms. The summed E-state index contributed by atoms with van der Waals surface area (Å²) in [5.74, 6) is -0.0940. The van der Waals surface area contributed by atoms with Crippen LogP contribution in [0.1, 0.15) is 11.1 Å². The first-order valence-corrected chi connectivity index (χ1v) is 6.42. The van der Waals surface area contributed by atoms with E-state index in [1.165, 1.54) is 6.08 Å². The Balaban J connectivity index is 2.17. The van der Waals surface area contributed by atoms with Crippen LogP contribution in [0.15, 0.2) is 48.7 Å². The molecule has 2 N–H and O–H groups in total. The van der Waals surface area contributed by atoms with E-state index in [4.69, 9.17) is 14.9 Å². The van der Waals surface area contributed by atoms with Gasteiger partial charge in [0.25, 0.3) is 0 Å². The van der Waals surface area contributed by atoms with Crippen molar-refractivity contribution in [2.45, 2.75) is 6.42 Å². The Labute approximate surface area is 122 Å². The molecule has 1 aromatic heterocycles. The molecular formula is C16H15NO4. The lowest BCUT2D eigenvalue weighted by molar-refractivity contribution is -0.131. The topological polar surface area (TPSA) is 79.7 Å². The Morgan fingerprint density at radius 2 is 2.00 bits per heavy atom. The number of hydrogen-bond donors (Lipinski definition) is 2. The molecule has 2 aromatic rings. The number of carboxylic acid groups (broad SMARTS) is 1. The fourth-order valence-electron chi connectivity index (χ4n) is 1.74. The minimum absolute atomic E-state index is 0.102. The van der Waals surface area contributed by atoms with Crippen molar-refractivity contribution in [2.75, 3.05) is 6.61 Å². The van der Waals surface area contributed by atoms with Crippen LogP contribution in [-0.4, -0.2) is 27.8 Å². The summed E-state index contributed by atoms with van der Waals surface area (Å²) >= 11 is 0. The van der Waals surface area contributed by atoms with Crippen molar-refractivity contribution in [3.63, 3.8) is 0 Å². The van der Waals surface area contributed by atoms with E-state index in [2.05, 4.69) is 4.98 Å². The van der Waals surface area contributed by atoms with Crippen LogP contribution < -0.4 is 4.74 Å². The van der Waals surface area contributed by atoms with Gasteiger partial charge in [0.1, 0.15) is 5.75 Å². The third-order valence-corrected chi connectivity index (χ3v) is 2.74. The highest BCUT2D eigenvalue weighted by Crippen LogP contribution is 2.24. The van der Waals surface area contributed by atoms with Gasteiger partial charge in [-0.1, -0.05) is 12.1 Å². The van der Waals surface area contributed by atoms with Crippen molar-refractivity contribution in [1.82, 2.24) is 4.98 Å². The predicted octanol–water partition coefficient (Wildman–Crippen LogP) is 2.51. The van der Waals surface area contributed by atoms with Crippen molar-refractivity contribution in [3.8, 4) is 11.6 Å². The molecule has 0 fully saturated rings.